The van der Waals surface area contributed by atoms with Crippen LogP contribution < -0.4 is 0 Å². The fraction of sp³-hybridized carbons (Fsp3) is 0. The molecule has 2 heterocycles. The second kappa shape index (κ2) is 10.2. The number of para-hydroxylation sites is 1. The summed E-state index contributed by atoms with van der Waals surface area (Å²) in [5.41, 5.74) is 6.75. The normalized spacial score (nSPS) is 11.6. The molecule has 0 spiro atoms. The van der Waals surface area contributed by atoms with Gasteiger partial charge in [-0.2, -0.15) is 0 Å². The van der Waals surface area contributed by atoms with E-state index in [0.29, 0.717) is 17.5 Å². The fourth-order valence-corrected chi connectivity index (χ4v) is 6.27. The van der Waals surface area contributed by atoms with Crippen LogP contribution >= 0.6 is 0 Å². The van der Waals surface area contributed by atoms with Crippen molar-refractivity contribution in [1.82, 2.24) is 15.0 Å². The number of rotatable bonds is 4. The first-order valence-corrected chi connectivity index (χ1v) is 15.0. The van der Waals surface area contributed by atoms with Crippen LogP contribution in [0.2, 0.25) is 0 Å². The highest BCUT2D eigenvalue weighted by Gasteiger charge is 2.20. The summed E-state index contributed by atoms with van der Waals surface area (Å²) >= 11 is 0. The summed E-state index contributed by atoms with van der Waals surface area (Å²) in [6.07, 6.45) is 0. The van der Waals surface area contributed by atoms with Gasteiger partial charge in [0.25, 0.3) is 0 Å². The number of fused-ring (bicyclic) bond motifs is 6. The summed E-state index contributed by atoms with van der Waals surface area (Å²) in [5, 5.41) is 6.59. The van der Waals surface area contributed by atoms with E-state index in [2.05, 4.69) is 72.8 Å². The molecule has 45 heavy (non-hydrogen) atoms. The van der Waals surface area contributed by atoms with Gasteiger partial charge in [-0.05, 0) is 57.6 Å². The first-order chi connectivity index (χ1) is 22.3. The van der Waals surface area contributed by atoms with Crippen molar-refractivity contribution in [1.29, 1.82) is 0 Å². The number of aromatic nitrogens is 3. The molecule has 0 N–H and O–H groups in total. The molecule has 0 saturated heterocycles. The molecule has 9 rings (SSSR count). The maximum Gasteiger partial charge on any atom is 0.164 e. The predicted octanol–water partition coefficient (Wildman–Crippen LogP) is 10.7. The lowest BCUT2D eigenvalue weighted by molar-refractivity contribution is 0.672. The molecule has 0 radical (unpaired) electrons. The van der Waals surface area contributed by atoms with E-state index < -0.39 is 0 Å². The van der Waals surface area contributed by atoms with Crippen LogP contribution in [0, 0.1) is 0 Å². The average Bonchev–Trinajstić information content (AvgIpc) is 3.51. The van der Waals surface area contributed by atoms with Crippen LogP contribution in [0.4, 0.5) is 0 Å². The summed E-state index contributed by atoms with van der Waals surface area (Å²) < 4.78 is 6.59. The number of benzene rings is 7. The molecule has 0 unspecified atom stereocenters. The highest BCUT2D eigenvalue weighted by molar-refractivity contribution is 6.21. The smallest absolute Gasteiger partial charge is 0.164 e. The van der Waals surface area contributed by atoms with Gasteiger partial charge < -0.3 is 4.42 Å². The van der Waals surface area contributed by atoms with E-state index in [4.69, 9.17) is 19.4 Å². The zero-order chi connectivity index (χ0) is 29.7. The van der Waals surface area contributed by atoms with E-state index >= 15 is 0 Å². The van der Waals surface area contributed by atoms with E-state index in [9.17, 15) is 0 Å². The monoisotopic (exact) mass is 575 g/mol. The Morgan fingerprint density at radius 1 is 0.378 bits per heavy atom. The zero-order valence-corrected chi connectivity index (χ0v) is 24.2. The standard InChI is InChI=1S/C41H25N3O/c1-3-12-27(13-4-1)39-42-40(28-14-5-2-6-15-28)44-41(43-39)35-25-32-24-31(30-20-19-26-11-7-8-16-29(26)23-30)21-22-33(32)38-37(35)34-17-9-10-18-36(34)45-38/h1-25H. The molecule has 0 amide bonds. The minimum Gasteiger partial charge on any atom is -0.455 e. The van der Waals surface area contributed by atoms with Crippen LogP contribution in [0.15, 0.2) is 156 Å². The molecule has 0 saturated carbocycles. The zero-order valence-electron chi connectivity index (χ0n) is 24.2. The summed E-state index contributed by atoms with van der Waals surface area (Å²) in [6, 6.07) is 52.3. The van der Waals surface area contributed by atoms with E-state index in [1.807, 2.05) is 78.9 Å². The Bertz CT molecular complexity index is 2480. The molecule has 0 fully saturated rings. The van der Waals surface area contributed by atoms with Gasteiger partial charge in [0.1, 0.15) is 11.2 Å². The van der Waals surface area contributed by atoms with Gasteiger partial charge in [0, 0.05) is 32.8 Å². The molecule has 4 nitrogen and oxygen atoms in total. The number of nitrogens with zero attached hydrogens (tertiary/aromatic N) is 3. The van der Waals surface area contributed by atoms with Gasteiger partial charge in [-0.3, -0.25) is 0 Å². The predicted molar refractivity (Wildman–Crippen MR) is 184 cm³/mol. The Labute approximate surface area is 259 Å². The Balaban J connectivity index is 1.33. The van der Waals surface area contributed by atoms with E-state index in [-0.39, 0.29) is 0 Å². The lowest BCUT2D eigenvalue weighted by Crippen LogP contribution is -2.00. The molecular formula is C41H25N3O. The number of hydrogen-bond acceptors (Lipinski definition) is 4. The van der Waals surface area contributed by atoms with E-state index in [1.165, 1.54) is 16.3 Å². The fourth-order valence-electron chi connectivity index (χ4n) is 6.27. The quantitative estimate of drug-likeness (QED) is 0.209. The average molecular weight is 576 g/mol. The minimum atomic E-state index is 0.609. The third-order valence-corrected chi connectivity index (χ3v) is 8.48. The number of furan rings is 1. The number of hydrogen-bond donors (Lipinski definition) is 0. The third kappa shape index (κ3) is 4.35. The van der Waals surface area contributed by atoms with Crippen molar-refractivity contribution >= 4 is 43.5 Å². The molecule has 9 aromatic rings. The lowest BCUT2D eigenvalue weighted by atomic mass is 9.95. The van der Waals surface area contributed by atoms with Crippen molar-refractivity contribution < 1.29 is 4.42 Å². The van der Waals surface area contributed by atoms with Crippen molar-refractivity contribution in [2.75, 3.05) is 0 Å². The van der Waals surface area contributed by atoms with Crippen molar-refractivity contribution in [2.24, 2.45) is 0 Å². The minimum absolute atomic E-state index is 0.609. The van der Waals surface area contributed by atoms with Crippen LogP contribution in [0.25, 0.3) is 88.8 Å². The Morgan fingerprint density at radius 3 is 1.69 bits per heavy atom. The van der Waals surface area contributed by atoms with Gasteiger partial charge in [0.15, 0.2) is 17.5 Å². The lowest BCUT2D eigenvalue weighted by Gasteiger charge is -2.11. The summed E-state index contributed by atoms with van der Waals surface area (Å²) in [6.45, 7) is 0. The van der Waals surface area contributed by atoms with Crippen LogP contribution in [0.3, 0.4) is 0 Å². The summed E-state index contributed by atoms with van der Waals surface area (Å²) in [5.74, 6) is 1.87. The van der Waals surface area contributed by atoms with Crippen molar-refractivity contribution in [3.05, 3.63) is 152 Å². The van der Waals surface area contributed by atoms with Gasteiger partial charge in [0.2, 0.25) is 0 Å². The maximum absolute atomic E-state index is 6.59. The molecule has 0 atom stereocenters. The molecule has 0 bridgehead atoms. The van der Waals surface area contributed by atoms with Crippen LogP contribution in [0.5, 0.6) is 0 Å². The van der Waals surface area contributed by atoms with E-state index in [0.717, 1.165) is 55.0 Å². The van der Waals surface area contributed by atoms with Gasteiger partial charge in [-0.15, -0.1) is 0 Å². The van der Waals surface area contributed by atoms with Crippen LogP contribution in [-0.4, -0.2) is 15.0 Å². The second-order valence-electron chi connectivity index (χ2n) is 11.3. The molecule has 0 aliphatic heterocycles. The molecule has 0 aliphatic rings. The highest BCUT2D eigenvalue weighted by Crippen LogP contribution is 2.42. The Kier molecular flexibility index (Phi) is 5.78. The van der Waals surface area contributed by atoms with E-state index in [1.54, 1.807) is 0 Å². The molecular weight excluding hydrogens is 550 g/mol. The Morgan fingerprint density at radius 2 is 0.956 bits per heavy atom. The molecule has 7 aromatic carbocycles. The molecule has 2 aromatic heterocycles. The maximum atomic E-state index is 6.59. The largest absolute Gasteiger partial charge is 0.455 e. The first kappa shape index (κ1) is 25.4. The van der Waals surface area contributed by atoms with Gasteiger partial charge in [-0.1, -0.05) is 121 Å². The van der Waals surface area contributed by atoms with Gasteiger partial charge in [-0.25, -0.2) is 15.0 Å². The molecule has 210 valence electrons. The first-order valence-electron chi connectivity index (χ1n) is 15.0. The van der Waals surface area contributed by atoms with Crippen LogP contribution in [0.1, 0.15) is 0 Å². The second-order valence-corrected chi connectivity index (χ2v) is 11.3. The summed E-state index contributed by atoms with van der Waals surface area (Å²) in [4.78, 5) is 15.1. The van der Waals surface area contributed by atoms with Crippen molar-refractivity contribution in [3.8, 4) is 45.3 Å². The Hall–Kier alpha value is -6.13. The molecule has 4 heteroatoms. The molecule has 0 aliphatic carbocycles. The topological polar surface area (TPSA) is 51.8 Å². The summed E-state index contributed by atoms with van der Waals surface area (Å²) in [7, 11) is 0. The van der Waals surface area contributed by atoms with Crippen molar-refractivity contribution in [3.63, 3.8) is 0 Å². The highest BCUT2D eigenvalue weighted by atomic mass is 16.3. The SMILES string of the molecule is c1ccc(-c2nc(-c3ccccc3)nc(-c3cc4cc(-c5ccc6ccccc6c5)ccc4c4oc5ccccc5c34)n2)cc1. The van der Waals surface area contributed by atoms with Crippen LogP contribution in [-0.2, 0) is 0 Å². The van der Waals surface area contributed by atoms with Gasteiger partial charge in [0.05, 0.1) is 0 Å². The van der Waals surface area contributed by atoms with Gasteiger partial charge >= 0.3 is 0 Å². The van der Waals surface area contributed by atoms with Crippen molar-refractivity contribution in [2.45, 2.75) is 0 Å². The third-order valence-electron chi connectivity index (χ3n) is 8.48.